The fraction of sp³-hybridized carbons (Fsp3) is 0.0588. The van der Waals surface area contributed by atoms with Crippen LogP contribution < -0.4 is 5.32 Å². The van der Waals surface area contributed by atoms with Crippen LogP contribution >= 0.6 is 27.5 Å². The van der Waals surface area contributed by atoms with Gasteiger partial charge in [-0.2, -0.15) is 14.6 Å². The van der Waals surface area contributed by atoms with Gasteiger partial charge in [-0.25, -0.2) is 8.42 Å². The highest BCUT2D eigenvalue weighted by Gasteiger charge is 2.17. The molecule has 0 atom stereocenters. The zero-order valence-corrected chi connectivity index (χ0v) is 17.5. The number of hydrogen-bond donors (Lipinski definition) is 1. The molecule has 1 amide bonds. The Hall–Kier alpha value is -2.81. The maximum Gasteiger partial charge on any atom is 0.268 e. The number of carbonyl (C=O) groups is 1. The van der Waals surface area contributed by atoms with Crippen LogP contribution in [0.4, 0.5) is 5.13 Å². The number of sulfone groups is 1. The summed E-state index contributed by atoms with van der Waals surface area (Å²) in [6, 6.07) is 13.0. The van der Waals surface area contributed by atoms with E-state index in [2.05, 4.69) is 30.6 Å². The maximum atomic E-state index is 12.4. The van der Waals surface area contributed by atoms with Gasteiger partial charge in [-0.15, -0.1) is 0 Å². The van der Waals surface area contributed by atoms with Crippen LogP contribution in [0.15, 0.2) is 57.8 Å². The molecular weight excluding hydrogens is 466 g/mol. The Bertz CT molecular complexity index is 1200. The molecule has 28 heavy (non-hydrogen) atoms. The molecule has 2 aromatic heterocycles. The maximum absolute atomic E-state index is 12.4. The Labute approximate surface area is 173 Å². The lowest BCUT2D eigenvalue weighted by Crippen LogP contribution is -2.13. The number of nitrogens with zero attached hydrogens (tertiary/aromatic N) is 4. The van der Waals surface area contributed by atoms with Crippen LogP contribution in [-0.4, -0.2) is 34.5 Å². The third-order valence-corrected chi connectivity index (χ3v) is 5.62. The predicted molar refractivity (Wildman–Crippen MR) is 109 cm³/mol. The molecule has 3 aromatic rings. The van der Waals surface area contributed by atoms with Crippen molar-refractivity contribution in [3.05, 3.63) is 58.3 Å². The van der Waals surface area contributed by atoms with Crippen LogP contribution in [0.25, 0.3) is 11.8 Å². The van der Waals surface area contributed by atoms with Gasteiger partial charge in [-0.3, -0.25) is 10.1 Å². The van der Waals surface area contributed by atoms with Crippen molar-refractivity contribution in [3.63, 3.8) is 0 Å². The molecule has 8 nitrogen and oxygen atoms in total. The van der Waals surface area contributed by atoms with Crippen LogP contribution in [0.5, 0.6) is 0 Å². The Morgan fingerprint density at radius 1 is 1.32 bits per heavy atom. The zero-order valence-electron chi connectivity index (χ0n) is 14.3. The molecule has 0 saturated heterocycles. The van der Waals surface area contributed by atoms with Gasteiger partial charge in [0.1, 0.15) is 11.6 Å². The number of amides is 1. The average molecular weight is 478 g/mol. The van der Waals surface area contributed by atoms with Gasteiger partial charge in [0.25, 0.3) is 11.1 Å². The van der Waals surface area contributed by atoms with E-state index in [1.165, 1.54) is 6.08 Å². The van der Waals surface area contributed by atoms with E-state index in [4.69, 9.17) is 0 Å². The zero-order chi connectivity index (χ0) is 20.3. The van der Waals surface area contributed by atoms with Gasteiger partial charge in [-0.1, -0.05) is 15.9 Å². The molecule has 1 aromatic carbocycles. The Morgan fingerprint density at radius 2 is 2.04 bits per heavy atom. The molecule has 3 rings (SSSR count). The van der Waals surface area contributed by atoms with Crippen molar-refractivity contribution in [1.82, 2.24) is 13.9 Å². The van der Waals surface area contributed by atoms with E-state index in [1.807, 2.05) is 41.1 Å². The molecule has 1 N–H and O–H groups in total. The summed E-state index contributed by atoms with van der Waals surface area (Å²) in [5.74, 6) is -0.706. The van der Waals surface area contributed by atoms with E-state index in [0.717, 1.165) is 27.9 Å². The van der Waals surface area contributed by atoms with Crippen molar-refractivity contribution in [3.8, 4) is 11.8 Å². The second kappa shape index (κ2) is 8.05. The molecular formula is C17H12BrN5O3S2. The van der Waals surface area contributed by atoms with Gasteiger partial charge < -0.3 is 4.57 Å². The summed E-state index contributed by atoms with van der Waals surface area (Å²) < 4.78 is 29.3. The molecule has 0 unspecified atom stereocenters. The molecule has 142 valence electrons. The van der Waals surface area contributed by atoms with Gasteiger partial charge in [-0.05, 0) is 42.5 Å². The fourth-order valence-electron chi connectivity index (χ4n) is 2.22. The number of halogens is 1. The van der Waals surface area contributed by atoms with E-state index < -0.39 is 15.7 Å². The van der Waals surface area contributed by atoms with Crippen molar-refractivity contribution >= 4 is 54.4 Å². The van der Waals surface area contributed by atoms with Gasteiger partial charge >= 0.3 is 0 Å². The average Bonchev–Trinajstić information content (AvgIpc) is 3.29. The molecule has 0 bridgehead atoms. The minimum absolute atomic E-state index is 0.00475. The first kappa shape index (κ1) is 19.9. The van der Waals surface area contributed by atoms with Crippen molar-refractivity contribution in [2.75, 3.05) is 11.6 Å². The van der Waals surface area contributed by atoms with Crippen LogP contribution in [-0.2, 0) is 14.6 Å². The van der Waals surface area contributed by atoms with Gasteiger partial charge in [0.15, 0.2) is 0 Å². The van der Waals surface area contributed by atoms with Crippen molar-refractivity contribution in [2.24, 2.45) is 0 Å². The van der Waals surface area contributed by atoms with Crippen molar-refractivity contribution in [2.45, 2.75) is 5.16 Å². The molecule has 0 radical (unpaired) electrons. The van der Waals surface area contributed by atoms with Crippen LogP contribution in [0, 0.1) is 11.3 Å². The number of nitriles is 1. The van der Waals surface area contributed by atoms with Gasteiger partial charge in [0.05, 0.1) is 0 Å². The number of carbonyl (C=O) groups excluding carboxylic acids is 1. The molecule has 0 aliphatic carbocycles. The molecule has 11 heteroatoms. The molecule has 2 heterocycles. The normalized spacial score (nSPS) is 11.8. The SMILES string of the molecule is CS(=O)(=O)c1nsc(NC(=O)/C(C#N)=C\c2cccn2-c2ccc(Br)cc2)n1. The summed E-state index contributed by atoms with van der Waals surface area (Å²) in [5, 5.41) is 11.4. The topological polar surface area (TPSA) is 118 Å². The number of anilines is 1. The molecule has 0 aliphatic heterocycles. The smallest absolute Gasteiger partial charge is 0.268 e. The summed E-state index contributed by atoms with van der Waals surface area (Å²) in [6.07, 6.45) is 4.22. The number of benzene rings is 1. The van der Waals surface area contributed by atoms with E-state index in [1.54, 1.807) is 12.1 Å². The second-order valence-electron chi connectivity index (χ2n) is 5.56. The first-order valence-electron chi connectivity index (χ1n) is 7.68. The Kier molecular flexibility index (Phi) is 5.73. The molecule has 0 aliphatic rings. The minimum Gasteiger partial charge on any atom is -0.317 e. The lowest BCUT2D eigenvalue weighted by molar-refractivity contribution is -0.112. The largest absolute Gasteiger partial charge is 0.317 e. The highest BCUT2D eigenvalue weighted by molar-refractivity contribution is 9.10. The van der Waals surface area contributed by atoms with Crippen molar-refractivity contribution in [1.29, 1.82) is 5.26 Å². The number of hydrogen-bond acceptors (Lipinski definition) is 7. The van der Waals surface area contributed by atoms with Gasteiger partial charge in [0.2, 0.25) is 15.0 Å². The lowest BCUT2D eigenvalue weighted by Gasteiger charge is -2.07. The Balaban J connectivity index is 1.86. The van der Waals surface area contributed by atoms with Crippen molar-refractivity contribution < 1.29 is 13.2 Å². The van der Waals surface area contributed by atoms with E-state index in [-0.39, 0.29) is 15.9 Å². The third-order valence-electron chi connectivity index (χ3n) is 3.50. The number of nitrogens with one attached hydrogen (secondary N) is 1. The lowest BCUT2D eigenvalue weighted by atomic mass is 10.2. The number of rotatable bonds is 5. The highest BCUT2D eigenvalue weighted by Crippen LogP contribution is 2.20. The summed E-state index contributed by atoms with van der Waals surface area (Å²) in [6.45, 7) is 0. The van der Waals surface area contributed by atoms with Crippen LogP contribution in [0.1, 0.15) is 5.69 Å². The first-order chi connectivity index (χ1) is 13.3. The number of aromatic nitrogens is 3. The summed E-state index contributed by atoms with van der Waals surface area (Å²) in [4.78, 5) is 16.1. The summed E-state index contributed by atoms with van der Waals surface area (Å²) in [5.41, 5.74) is 1.33. The molecule has 0 fully saturated rings. The minimum atomic E-state index is -3.57. The standard InChI is InChI=1S/C17H12BrN5O3S2/c1-28(25,26)17-21-16(27-22-17)20-15(24)11(10-19)9-14-3-2-8-23(14)13-6-4-12(18)5-7-13/h2-9H,1H3,(H,20,21,22,24)/b11-9-. The predicted octanol–water partition coefficient (Wildman–Crippen LogP) is 3.04. The van der Waals surface area contributed by atoms with Crippen LogP contribution in [0.2, 0.25) is 0 Å². The van der Waals surface area contributed by atoms with E-state index >= 15 is 0 Å². The van der Waals surface area contributed by atoms with Crippen LogP contribution in [0.3, 0.4) is 0 Å². The second-order valence-corrected chi connectivity index (χ2v) is 9.13. The monoisotopic (exact) mass is 477 g/mol. The summed E-state index contributed by atoms with van der Waals surface area (Å²) in [7, 11) is -3.57. The van der Waals surface area contributed by atoms with E-state index in [9.17, 15) is 18.5 Å². The third kappa shape index (κ3) is 4.53. The Morgan fingerprint density at radius 3 is 2.64 bits per heavy atom. The van der Waals surface area contributed by atoms with Gasteiger partial charge in [0, 0.05) is 39.8 Å². The molecule has 0 spiro atoms. The quantitative estimate of drug-likeness (QED) is 0.445. The fourth-order valence-corrected chi connectivity index (χ4v) is 3.92. The first-order valence-corrected chi connectivity index (χ1v) is 11.1. The van der Waals surface area contributed by atoms with E-state index in [0.29, 0.717) is 5.69 Å². The molecule has 0 saturated carbocycles. The highest BCUT2D eigenvalue weighted by atomic mass is 79.9. The summed E-state index contributed by atoms with van der Waals surface area (Å²) >= 11 is 4.10.